The van der Waals surface area contributed by atoms with Gasteiger partial charge in [0, 0.05) is 19.4 Å². The molecule has 4 atom stereocenters. The van der Waals surface area contributed by atoms with Crippen molar-refractivity contribution < 1.29 is 42.2 Å². The average molecular weight is 766 g/mol. The third-order valence-corrected chi connectivity index (χ3v) is 9.41. The number of carbonyl (C=O) groups is 5. The molecule has 2 bridgehead atoms. The minimum atomic E-state index is -2.90. The molecule has 1 aliphatic carbocycles. The Morgan fingerprint density at radius 2 is 1.71 bits per heavy atom. The van der Waals surface area contributed by atoms with Gasteiger partial charge >= 0.3 is 0 Å². The molecule has 2 aliphatic heterocycles. The van der Waals surface area contributed by atoms with Gasteiger partial charge in [-0.3, -0.25) is 29.1 Å². The van der Waals surface area contributed by atoms with E-state index in [1.165, 1.54) is 18.9 Å². The Kier molecular flexibility index (Phi) is 13.8. The molecule has 2 aromatic carbocycles. The first kappa shape index (κ1) is 40.6. The zero-order valence-electron chi connectivity index (χ0n) is 31.4. The Hall–Kier alpha value is -5.54. The Bertz CT molecular complexity index is 1800. The fraction of sp³-hybridized carbons (Fsp3) is 0.487. The van der Waals surface area contributed by atoms with Crippen molar-refractivity contribution in [2.75, 3.05) is 26.8 Å². The number of H-pyrrole nitrogens is 1. The van der Waals surface area contributed by atoms with Crippen LogP contribution in [0.2, 0.25) is 0 Å². The number of benzene rings is 2. The lowest BCUT2D eigenvalue weighted by Gasteiger charge is -2.29. The standard InChI is InChI=1S/C39H49F2N7O7/c1-22(2)15-27-21-55-29-13-9-25(10-14-29)17-32(45-38(52)33-18-30(35(40)41)46-47-33)37(51)44-31(16-24-7-11-28(54-4)12-8-24)36(50)42-23(3)39(53)48(19-26-5-6-26)20-34(49)43-27/h7-14,18,22-23,26-27,31-32,35H,5-6,15-17,19-21H2,1-4H3,(H,42,50)(H,43,49)(H,44,51)(H,45,52)(H,46,47)/t23-,27+,31+,32+/m1/s1. The van der Waals surface area contributed by atoms with E-state index in [9.17, 15) is 32.8 Å². The van der Waals surface area contributed by atoms with Crippen LogP contribution < -0.4 is 30.7 Å². The molecule has 3 aromatic rings. The van der Waals surface area contributed by atoms with Gasteiger partial charge in [-0.1, -0.05) is 38.1 Å². The van der Waals surface area contributed by atoms with Crippen LogP contribution in [-0.4, -0.2) is 95.6 Å². The van der Waals surface area contributed by atoms with Crippen molar-refractivity contribution in [3.05, 3.63) is 77.1 Å². The second-order valence-electron chi connectivity index (χ2n) is 14.6. The molecule has 1 saturated carbocycles. The number of methoxy groups -OCH3 is 1. The van der Waals surface area contributed by atoms with E-state index in [1.54, 1.807) is 48.5 Å². The van der Waals surface area contributed by atoms with Gasteiger partial charge in [-0.25, -0.2) is 8.78 Å². The fourth-order valence-corrected chi connectivity index (χ4v) is 6.32. The summed E-state index contributed by atoms with van der Waals surface area (Å²) in [7, 11) is 1.52. The Labute approximate surface area is 318 Å². The van der Waals surface area contributed by atoms with E-state index in [-0.39, 0.29) is 55.5 Å². The average Bonchev–Trinajstić information content (AvgIpc) is 3.82. The van der Waals surface area contributed by atoms with E-state index in [0.717, 1.165) is 18.9 Å². The van der Waals surface area contributed by atoms with Gasteiger partial charge in [-0.2, -0.15) is 5.10 Å². The third kappa shape index (κ3) is 12.0. The fourth-order valence-electron chi connectivity index (χ4n) is 6.32. The Morgan fingerprint density at radius 1 is 1.00 bits per heavy atom. The molecule has 55 heavy (non-hydrogen) atoms. The lowest BCUT2D eigenvalue weighted by molar-refractivity contribution is -0.140. The molecule has 16 heteroatoms. The number of hydrogen-bond acceptors (Lipinski definition) is 8. The molecule has 6 rings (SSSR count). The van der Waals surface area contributed by atoms with E-state index >= 15 is 0 Å². The molecule has 1 aromatic heterocycles. The van der Waals surface area contributed by atoms with Gasteiger partial charge in [-0.15, -0.1) is 0 Å². The molecular weight excluding hydrogens is 716 g/mol. The number of hydrogen-bond donors (Lipinski definition) is 5. The van der Waals surface area contributed by atoms with Crippen LogP contribution in [0, 0.1) is 11.8 Å². The van der Waals surface area contributed by atoms with Crippen molar-refractivity contribution in [2.24, 2.45) is 11.8 Å². The highest BCUT2D eigenvalue weighted by Gasteiger charge is 2.34. The normalized spacial score (nSPS) is 21.8. The van der Waals surface area contributed by atoms with Crippen LogP contribution in [0.4, 0.5) is 8.78 Å². The molecule has 5 amide bonds. The van der Waals surface area contributed by atoms with Crippen molar-refractivity contribution in [2.45, 2.75) is 83.5 Å². The van der Waals surface area contributed by atoms with Gasteiger partial charge in [0.05, 0.1) is 19.7 Å². The molecule has 3 aliphatic rings. The molecule has 5 N–H and O–H groups in total. The van der Waals surface area contributed by atoms with E-state index in [1.807, 2.05) is 13.8 Å². The first-order valence-corrected chi connectivity index (χ1v) is 18.5. The Balaban J connectivity index is 1.47. The molecule has 0 saturated heterocycles. The highest BCUT2D eigenvalue weighted by Crippen LogP contribution is 2.30. The number of aromatic nitrogens is 2. The van der Waals surface area contributed by atoms with Crippen molar-refractivity contribution in [1.82, 2.24) is 36.4 Å². The van der Waals surface area contributed by atoms with Crippen LogP contribution in [0.5, 0.6) is 11.5 Å². The summed E-state index contributed by atoms with van der Waals surface area (Å²) in [5, 5.41) is 16.9. The van der Waals surface area contributed by atoms with Gasteiger partial charge in [0.2, 0.25) is 23.6 Å². The summed E-state index contributed by atoms with van der Waals surface area (Å²) in [5.74, 6) is -1.55. The van der Waals surface area contributed by atoms with E-state index in [4.69, 9.17) is 9.47 Å². The monoisotopic (exact) mass is 765 g/mol. The first-order chi connectivity index (χ1) is 26.3. The number of aromatic amines is 1. The highest BCUT2D eigenvalue weighted by atomic mass is 19.3. The number of rotatable bonds is 10. The first-order valence-electron chi connectivity index (χ1n) is 18.5. The number of alkyl halides is 2. The summed E-state index contributed by atoms with van der Waals surface area (Å²) in [4.78, 5) is 70.1. The largest absolute Gasteiger partial charge is 0.497 e. The van der Waals surface area contributed by atoms with Crippen LogP contribution >= 0.6 is 0 Å². The third-order valence-electron chi connectivity index (χ3n) is 9.41. The quantitative estimate of drug-likeness (QED) is 0.195. The summed E-state index contributed by atoms with van der Waals surface area (Å²) >= 11 is 0. The lowest BCUT2D eigenvalue weighted by atomic mass is 10.0. The van der Waals surface area contributed by atoms with Gasteiger partial charge in [0.1, 0.15) is 47.6 Å². The summed E-state index contributed by atoms with van der Waals surface area (Å²) in [6.45, 7) is 5.89. The number of ether oxygens (including phenoxy) is 2. The molecule has 1 fully saturated rings. The number of nitrogens with zero attached hydrogens (tertiary/aromatic N) is 2. The van der Waals surface area contributed by atoms with Crippen molar-refractivity contribution >= 4 is 29.5 Å². The van der Waals surface area contributed by atoms with Gasteiger partial charge < -0.3 is 35.6 Å². The molecule has 3 heterocycles. The maximum atomic E-state index is 14.1. The van der Waals surface area contributed by atoms with Crippen LogP contribution in [0.15, 0.2) is 54.6 Å². The topological polar surface area (TPSA) is 184 Å². The number of nitrogens with one attached hydrogen (secondary N) is 5. The number of halogens is 2. The SMILES string of the molecule is COc1ccc(C[C@@H]2NC(=O)[C@@H](NC(=O)c3cc(C(F)F)[nH]n3)Cc3ccc(cc3)OC[C@H](CC(C)C)NC(=O)CN(CC3CC3)C(=O)[C@@H](C)NC2=O)cc1. The van der Waals surface area contributed by atoms with E-state index < -0.39 is 53.9 Å². The molecule has 14 nitrogen and oxygen atoms in total. The number of amides is 5. The predicted molar refractivity (Wildman–Crippen MR) is 197 cm³/mol. The summed E-state index contributed by atoms with van der Waals surface area (Å²) in [5.41, 5.74) is 0.352. The number of carbonyl (C=O) groups excluding carboxylic acids is 5. The van der Waals surface area contributed by atoms with E-state index in [0.29, 0.717) is 35.6 Å². The second-order valence-corrected chi connectivity index (χ2v) is 14.6. The molecular formula is C39H49F2N7O7. The van der Waals surface area contributed by atoms with Crippen LogP contribution in [0.1, 0.15) is 73.8 Å². The smallest absolute Gasteiger partial charge is 0.279 e. The van der Waals surface area contributed by atoms with Crippen molar-refractivity contribution in [3.8, 4) is 11.5 Å². The minimum absolute atomic E-state index is 0.00225. The second kappa shape index (κ2) is 18.7. The van der Waals surface area contributed by atoms with Crippen LogP contribution in [-0.2, 0) is 32.0 Å². The minimum Gasteiger partial charge on any atom is -0.497 e. The predicted octanol–water partition coefficient (Wildman–Crippen LogP) is 3.09. The van der Waals surface area contributed by atoms with E-state index in [2.05, 4.69) is 31.5 Å². The highest BCUT2D eigenvalue weighted by molar-refractivity contribution is 5.98. The summed E-state index contributed by atoms with van der Waals surface area (Å²) in [6.07, 6.45) is -0.484. The molecule has 296 valence electrons. The zero-order chi connectivity index (χ0) is 39.6. The zero-order valence-corrected chi connectivity index (χ0v) is 31.4. The van der Waals surface area contributed by atoms with Crippen LogP contribution in [0.25, 0.3) is 0 Å². The maximum Gasteiger partial charge on any atom is 0.279 e. The molecule has 0 radical (unpaired) electrons. The summed E-state index contributed by atoms with van der Waals surface area (Å²) in [6, 6.07) is 10.6. The summed E-state index contributed by atoms with van der Waals surface area (Å²) < 4.78 is 37.9. The van der Waals surface area contributed by atoms with Gasteiger partial charge in [-0.05, 0) is 79.5 Å². The lowest BCUT2D eigenvalue weighted by Crippen LogP contribution is -2.58. The maximum absolute atomic E-state index is 14.1. The van der Waals surface area contributed by atoms with Gasteiger partial charge in [0.15, 0.2) is 0 Å². The van der Waals surface area contributed by atoms with Crippen LogP contribution in [0.3, 0.4) is 0 Å². The van der Waals surface area contributed by atoms with Crippen molar-refractivity contribution in [3.63, 3.8) is 0 Å². The Morgan fingerprint density at radius 3 is 2.33 bits per heavy atom. The molecule has 0 spiro atoms. The van der Waals surface area contributed by atoms with Gasteiger partial charge in [0.25, 0.3) is 12.3 Å². The van der Waals surface area contributed by atoms with Crippen molar-refractivity contribution in [1.29, 1.82) is 0 Å². The number of fused-ring (bicyclic) bond motifs is 17. The molecule has 0 unspecified atom stereocenters.